The molecule has 168 valence electrons. The standard InChI is InChI=1S/C26H31N3O3/c1-32-22-9-4-7-19-23(22)27-14-20(25(19)30)26(31)29-11-5-6-16-12-17-13-18(24(16)29)15-28-10-3-2-8-21(17)28/h4,7,9,12,14,17-18,21,24H,2-3,5-6,8,10-11,13,15H2,1H3,(H,27,30)/t17-,18-,21?,24?/m0/s1. The largest absolute Gasteiger partial charge is 0.495 e. The smallest absolute Gasteiger partial charge is 0.259 e. The van der Waals surface area contributed by atoms with Crippen molar-refractivity contribution in [2.45, 2.75) is 50.6 Å². The van der Waals surface area contributed by atoms with E-state index in [0.29, 0.717) is 34.5 Å². The van der Waals surface area contributed by atoms with Crippen molar-refractivity contribution in [1.82, 2.24) is 14.8 Å². The highest BCUT2D eigenvalue weighted by Crippen LogP contribution is 2.45. The number of piperidine rings is 3. The second-order valence-electron chi connectivity index (χ2n) is 9.92. The van der Waals surface area contributed by atoms with Crippen LogP contribution in [0.15, 0.2) is 40.8 Å². The first kappa shape index (κ1) is 20.0. The molecule has 3 aliphatic heterocycles. The monoisotopic (exact) mass is 433 g/mol. The number of H-pyrrole nitrogens is 1. The average molecular weight is 434 g/mol. The summed E-state index contributed by atoms with van der Waals surface area (Å²) in [5, 5.41) is 0.500. The van der Waals surface area contributed by atoms with Crippen molar-refractivity contribution in [3.8, 4) is 5.75 Å². The summed E-state index contributed by atoms with van der Waals surface area (Å²) in [5.74, 6) is 1.58. The normalized spacial score (nSPS) is 29.8. The van der Waals surface area contributed by atoms with E-state index in [1.54, 1.807) is 25.4 Å². The number of carbonyl (C=O) groups is 1. The number of hydrogen-bond acceptors (Lipinski definition) is 4. The van der Waals surface area contributed by atoms with Gasteiger partial charge >= 0.3 is 0 Å². The van der Waals surface area contributed by atoms with E-state index in [2.05, 4.69) is 16.0 Å². The summed E-state index contributed by atoms with van der Waals surface area (Å²) in [6.07, 6.45) is 11.3. The van der Waals surface area contributed by atoms with Crippen LogP contribution in [0.3, 0.4) is 0 Å². The number of methoxy groups -OCH3 is 1. The summed E-state index contributed by atoms with van der Waals surface area (Å²) in [6, 6.07) is 6.20. The molecule has 1 aliphatic carbocycles. The lowest BCUT2D eigenvalue weighted by Gasteiger charge is -2.54. The van der Waals surface area contributed by atoms with Crippen molar-refractivity contribution in [1.29, 1.82) is 0 Å². The van der Waals surface area contributed by atoms with Gasteiger partial charge in [-0.3, -0.25) is 14.5 Å². The Kier molecular flexibility index (Phi) is 4.86. The van der Waals surface area contributed by atoms with Crippen LogP contribution in [0.25, 0.3) is 10.9 Å². The molecule has 4 aliphatic rings. The fourth-order valence-electron chi connectivity index (χ4n) is 6.91. The zero-order valence-electron chi connectivity index (χ0n) is 18.7. The van der Waals surface area contributed by atoms with Crippen molar-refractivity contribution in [2.24, 2.45) is 11.8 Å². The number of aromatic nitrogens is 1. The van der Waals surface area contributed by atoms with Crippen LogP contribution >= 0.6 is 0 Å². The minimum atomic E-state index is -0.216. The van der Waals surface area contributed by atoms with Crippen molar-refractivity contribution < 1.29 is 9.53 Å². The summed E-state index contributed by atoms with van der Waals surface area (Å²) in [7, 11) is 1.58. The minimum absolute atomic E-state index is 0.134. The van der Waals surface area contributed by atoms with Gasteiger partial charge < -0.3 is 14.6 Å². The van der Waals surface area contributed by atoms with Gasteiger partial charge in [0.25, 0.3) is 5.91 Å². The Labute approximate surface area is 188 Å². The SMILES string of the molecule is COc1cccc2c(=O)c(C(=O)N3CCCC4=C[C@H]5C[C@@H](CN6CCCCC56)C43)c[nH]c12. The molecule has 1 amide bonds. The van der Waals surface area contributed by atoms with Crippen molar-refractivity contribution >= 4 is 16.8 Å². The van der Waals surface area contributed by atoms with E-state index in [9.17, 15) is 9.59 Å². The van der Waals surface area contributed by atoms with E-state index in [0.717, 1.165) is 25.9 Å². The molecule has 1 aromatic carbocycles. The third kappa shape index (κ3) is 3.03. The van der Waals surface area contributed by atoms with Gasteiger partial charge in [0.15, 0.2) is 0 Å². The number of likely N-dealkylation sites (tertiary alicyclic amines) is 1. The third-order valence-electron chi connectivity index (χ3n) is 8.24. The summed E-state index contributed by atoms with van der Waals surface area (Å²) in [6.45, 7) is 2.99. The van der Waals surface area contributed by atoms with Crippen LogP contribution in [0.2, 0.25) is 0 Å². The van der Waals surface area contributed by atoms with Crippen molar-refractivity contribution in [2.75, 3.05) is 26.7 Å². The van der Waals surface area contributed by atoms with Gasteiger partial charge in [0, 0.05) is 25.3 Å². The fraction of sp³-hybridized carbons (Fsp3) is 0.538. The van der Waals surface area contributed by atoms with E-state index in [1.165, 1.54) is 37.8 Å². The van der Waals surface area contributed by atoms with E-state index < -0.39 is 0 Å². The zero-order chi connectivity index (χ0) is 21.8. The number of nitrogens with one attached hydrogen (secondary N) is 1. The Morgan fingerprint density at radius 2 is 2.09 bits per heavy atom. The topological polar surface area (TPSA) is 65.6 Å². The van der Waals surface area contributed by atoms with Gasteiger partial charge in [-0.2, -0.15) is 0 Å². The highest BCUT2D eigenvalue weighted by molar-refractivity contribution is 5.98. The summed E-state index contributed by atoms with van der Waals surface area (Å²) >= 11 is 0. The van der Waals surface area contributed by atoms with Gasteiger partial charge in [0.1, 0.15) is 11.3 Å². The fourth-order valence-corrected chi connectivity index (χ4v) is 6.91. The highest BCUT2D eigenvalue weighted by Gasteiger charge is 2.47. The Balaban J connectivity index is 1.36. The van der Waals surface area contributed by atoms with Crippen LogP contribution in [0.4, 0.5) is 0 Å². The molecule has 4 atom stereocenters. The second-order valence-corrected chi connectivity index (χ2v) is 9.92. The lowest BCUT2D eigenvalue weighted by molar-refractivity contribution is 0.00143. The molecule has 2 bridgehead atoms. The summed E-state index contributed by atoms with van der Waals surface area (Å²) in [5.41, 5.74) is 2.10. The van der Waals surface area contributed by atoms with E-state index in [1.807, 2.05) is 11.0 Å². The molecule has 4 heterocycles. The van der Waals surface area contributed by atoms with Crippen LogP contribution < -0.4 is 10.2 Å². The lowest BCUT2D eigenvalue weighted by Crippen LogP contribution is -2.60. The van der Waals surface area contributed by atoms with Crippen LogP contribution in [0.5, 0.6) is 5.75 Å². The van der Waals surface area contributed by atoms with Gasteiger partial charge in [-0.15, -0.1) is 0 Å². The molecule has 6 rings (SSSR count). The maximum atomic E-state index is 13.8. The molecule has 6 nitrogen and oxygen atoms in total. The van der Waals surface area contributed by atoms with Gasteiger partial charge in [0.05, 0.1) is 24.1 Å². The summed E-state index contributed by atoms with van der Waals surface area (Å²) in [4.78, 5) is 34.9. The molecular weight excluding hydrogens is 402 g/mol. The number of benzene rings is 1. The number of amides is 1. The molecular formula is C26H31N3O3. The van der Waals surface area contributed by atoms with E-state index >= 15 is 0 Å². The van der Waals surface area contributed by atoms with Crippen molar-refractivity contribution in [3.63, 3.8) is 0 Å². The Morgan fingerprint density at radius 1 is 1.19 bits per heavy atom. The zero-order valence-corrected chi connectivity index (χ0v) is 18.7. The Hall–Kier alpha value is -2.60. The van der Waals surface area contributed by atoms with E-state index in [4.69, 9.17) is 4.74 Å². The average Bonchev–Trinajstić information content (AvgIpc) is 2.83. The first-order chi connectivity index (χ1) is 15.7. The number of pyridine rings is 1. The highest BCUT2D eigenvalue weighted by atomic mass is 16.5. The number of carbonyl (C=O) groups excluding carboxylic acids is 1. The number of ether oxygens (including phenoxy) is 1. The van der Waals surface area contributed by atoms with Gasteiger partial charge in [-0.25, -0.2) is 0 Å². The predicted molar refractivity (Wildman–Crippen MR) is 124 cm³/mol. The molecule has 1 N–H and O–H groups in total. The maximum Gasteiger partial charge on any atom is 0.259 e. The van der Waals surface area contributed by atoms with Crippen molar-refractivity contribution in [3.05, 3.63) is 51.8 Å². The molecule has 2 aromatic rings. The molecule has 3 saturated heterocycles. The number of aromatic amines is 1. The van der Waals surface area contributed by atoms with Crippen LogP contribution in [0.1, 0.15) is 48.9 Å². The number of hydrogen-bond donors (Lipinski definition) is 1. The van der Waals surface area contributed by atoms with Crippen LogP contribution in [-0.2, 0) is 0 Å². The second kappa shape index (κ2) is 7.77. The van der Waals surface area contributed by atoms with E-state index in [-0.39, 0.29) is 22.9 Å². The van der Waals surface area contributed by atoms with Crippen LogP contribution in [-0.4, -0.2) is 59.5 Å². The molecule has 0 saturated carbocycles. The third-order valence-corrected chi connectivity index (χ3v) is 8.24. The molecule has 0 spiro atoms. The minimum Gasteiger partial charge on any atom is -0.495 e. The quantitative estimate of drug-likeness (QED) is 0.736. The summed E-state index contributed by atoms with van der Waals surface area (Å²) < 4.78 is 5.38. The van der Waals surface area contributed by atoms with Gasteiger partial charge in [-0.1, -0.05) is 24.1 Å². The van der Waals surface area contributed by atoms with Gasteiger partial charge in [0.2, 0.25) is 5.43 Å². The first-order valence-electron chi connectivity index (χ1n) is 12.1. The maximum absolute atomic E-state index is 13.8. The number of rotatable bonds is 2. The van der Waals surface area contributed by atoms with Gasteiger partial charge in [-0.05, 0) is 62.6 Å². The number of nitrogens with zero attached hydrogens (tertiary/aromatic N) is 2. The Bertz CT molecular complexity index is 1150. The first-order valence-corrected chi connectivity index (χ1v) is 12.1. The number of fused-ring (bicyclic) bond motifs is 7. The molecule has 32 heavy (non-hydrogen) atoms. The number of para-hydroxylation sites is 1. The molecule has 2 unspecified atom stereocenters. The van der Waals surface area contributed by atoms with Crippen LogP contribution in [0, 0.1) is 11.8 Å². The molecule has 6 heteroatoms. The molecule has 0 radical (unpaired) electrons. The Morgan fingerprint density at radius 3 is 2.97 bits per heavy atom. The lowest BCUT2D eigenvalue weighted by atomic mass is 9.68. The molecule has 3 fully saturated rings. The molecule has 1 aromatic heterocycles. The predicted octanol–water partition coefficient (Wildman–Crippen LogP) is 3.57.